The van der Waals surface area contributed by atoms with Crippen LogP contribution < -0.4 is 0 Å². The van der Waals surface area contributed by atoms with Crippen molar-refractivity contribution in [3.63, 3.8) is 0 Å². The second kappa shape index (κ2) is 4.58. The van der Waals surface area contributed by atoms with Gasteiger partial charge in [0.05, 0.1) is 6.61 Å². The normalized spacial score (nSPS) is 28.0. The van der Waals surface area contributed by atoms with Gasteiger partial charge in [0.15, 0.2) is 12.2 Å². The highest BCUT2D eigenvalue weighted by atomic mass is 31.2. The maximum atomic E-state index is 11.1. The van der Waals surface area contributed by atoms with Crippen LogP contribution in [-0.2, 0) is 23.4 Å². The van der Waals surface area contributed by atoms with Gasteiger partial charge in [-0.05, 0) is 0 Å². The Morgan fingerprint density at radius 2 is 2.00 bits per heavy atom. The lowest BCUT2D eigenvalue weighted by atomic mass is 10.1. The number of Topliss-reactive ketones (excluding diaryl/α,β-unsaturated/α-hetero) is 1. The maximum absolute atomic E-state index is 11.1. The molecule has 4 N–H and O–H groups in total. The fraction of sp³-hybridized carbons (Fsp3) is 0.667. The highest BCUT2D eigenvalue weighted by Crippen LogP contribution is 2.40. The number of carbonyl (C=O) groups is 2. The molecule has 0 spiro atoms. The van der Waals surface area contributed by atoms with Crippen molar-refractivity contribution in [1.82, 2.24) is 0 Å². The number of rotatable bonds is 4. The van der Waals surface area contributed by atoms with Gasteiger partial charge in [0.1, 0.15) is 6.10 Å². The Morgan fingerprint density at radius 3 is 2.44 bits per heavy atom. The number of phosphoric acid groups is 1. The summed E-state index contributed by atoms with van der Waals surface area (Å²) in [5, 5.41) is 17.7. The van der Waals surface area contributed by atoms with Crippen LogP contribution in [0.25, 0.3) is 0 Å². The first kappa shape index (κ1) is 13.2. The van der Waals surface area contributed by atoms with Gasteiger partial charge in [-0.3, -0.25) is 9.32 Å². The molecule has 1 saturated heterocycles. The first-order chi connectivity index (χ1) is 7.26. The lowest BCUT2D eigenvalue weighted by Gasteiger charge is -2.20. The number of hydrogen-bond acceptors (Lipinski definition) is 7. The largest absolute Gasteiger partial charge is 0.470 e. The molecule has 0 saturated carbocycles. The van der Waals surface area contributed by atoms with Gasteiger partial charge in [-0.25, -0.2) is 9.36 Å². The first-order valence-corrected chi connectivity index (χ1v) is 5.57. The highest BCUT2D eigenvalue weighted by molar-refractivity contribution is 7.46. The van der Waals surface area contributed by atoms with Gasteiger partial charge in [-0.15, -0.1) is 0 Å². The van der Waals surface area contributed by atoms with Gasteiger partial charge >= 0.3 is 13.8 Å². The Morgan fingerprint density at radius 1 is 1.44 bits per heavy atom. The van der Waals surface area contributed by atoms with Crippen molar-refractivity contribution in [1.29, 1.82) is 0 Å². The van der Waals surface area contributed by atoms with Crippen molar-refractivity contribution in [2.24, 2.45) is 0 Å². The number of ketones is 1. The molecule has 1 heterocycles. The molecule has 0 aromatic rings. The van der Waals surface area contributed by atoms with Crippen molar-refractivity contribution in [2.75, 3.05) is 6.61 Å². The molecule has 0 aliphatic carbocycles. The number of esters is 1. The van der Waals surface area contributed by atoms with E-state index in [1.54, 1.807) is 0 Å². The van der Waals surface area contributed by atoms with Gasteiger partial charge in [0.25, 0.3) is 5.78 Å². The van der Waals surface area contributed by atoms with Gasteiger partial charge < -0.3 is 24.7 Å². The first-order valence-electron chi connectivity index (χ1n) is 4.04. The van der Waals surface area contributed by atoms with Crippen molar-refractivity contribution >= 4 is 19.6 Å². The lowest BCUT2D eigenvalue weighted by molar-refractivity contribution is -0.151. The van der Waals surface area contributed by atoms with Crippen molar-refractivity contribution in [3.05, 3.63) is 0 Å². The van der Waals surface area contributed by atoms with Crippen LogP contribution in [0.1, 0.15) is 0 Å². The number of carbonyl (C=O) groups excluding carboxylic acids is 2. The minimum atomic E-state index is -5.01. The van der Waals surface area contributed by atoms with E-state index in [-0.39, 0.29) is 0 Å². The number of phosphoric ester groups is 1. The number of cyclic esters (lactones) is 1. The molecule has 0 aromatic heterocycles. The molecule has 16 heavy (non-hydrogen) atoms. The second-order valence-electron chi connectivity index (χ2n) is 3.00. The van der Waals surface area contributed by atoms with Crippen LogP contribution in [0.15, 0.2) is 0 Å². The third-order valence-corrected chi connectivity index (χ3v) is 2.32. The highest BCUT2D eigenvalue weighted by Gasteiger charge is 2.50. The van der Waals surface area contributed by atoms with Crippen LogP contribution in [0, 0.1) is 0 Å². The number of ether oxygens (including phenoxy) is 1. The van der Waals surface area contributed by atoms with Crippen LogP contribution >= 0.6 is 7.82 Å². The molecule has 1 aliphatic heterocycles. The van der Waals surface area contributed by atoms with Crippen LogP contribution in [0.4, 0.5) is 0 Å². The lowest BCUT2D eigenvalue weighted by Crippen LogP contribution is -2.40. The van der Waals surface area contributed by atoms with Crippen molar-refractivity contribution < 1.29 is 43.4 Å². The van der Waals surface area contributed by atoms with Gasteiger partial charge in [-0.1, -0.05) is 0 Å². The van der Waals surface area contributed by atoms with Gasteiger partial charge in [0.2, 0.25) is 0 Å². The van der Waals surface area contributed by atoms with Crippen LogP contribution in [-0.4, -0.2) is 56.7 Å². The average Bonchev–Trinajstić information content (AvgIpc) is 2.43. The summed E-state index contributed by atoms with van der Waals surface area (Å²) in [7, 11) is -5.01. The summed E-state index contributed by atoms with van der Waals surface area (Å²) < 4.78 is 18.8. The quantitative estimate of drug-likeness (QED) is 0.239. The zero-order valence-corrected chi connectivity index (χ0v) is 8.61. The summed E-state index contributed by atoms with van der Waals surface area (Å²) in [6, 6.07) is 0. The van der Waals surface area contributed by atoms with E-state index >= 15 is 0 Å². The van der Waals surface area contributed by atoms with Crippen LogP contribution in [0.3, 0.4) is 0 Å². The predicted octanol–water partition coefficient (Wildman–Crippen LogP) is -2.69. The second-order valence-corrected chi connectivity index (χ2v) is 4.19. The number of hydrogen-bond donors (Lipinski definition) is 4. The molecule has 10 heteroatoms. The minimum absolute atomic E-state index is 0.855. The third-order valence-electron chi connectivity index (χ3n) is 1.82. The van der Waals surface area contributed by atoms with Gasteiger partial charge in [0, 0.05) is 0 Å². The van der Waals surface area contributed by atoms with E-state index < -0.39 is 44.5 Å². The molecular weight excluding hydrogens is 247 g/mol. The molecule has 0 amide bonds. The van der Waals surface area contributed by atoms with E-state index in [4.69, 9.17) is 20.0 Å². The Balaban J connectivity index is 2.88. The van der Waals surface area contributed by atoms with E-state index in [1.807, 2.05) is 0 Å². The van der Waals surface area contributed by atoms with Gasteiger partial charge in [-0.2, -0.15) is 0 Å². The van der Waals surface area contributed by atoms with Crippen LogP contribution in [0.5, 0.6) is 0 Å². The summed E-state index contributed by atoms with van der Waals surface area (Å²) in [6.07, 6.45) is -5.21. The van der Waals surface area contributed by atoms with E-state index in [9.17, 15) is 14.2 Å². The zero-order valence-electron chi connectivity index (χ0n) is 7.72. The molecule has 0 bridgehead atoms. The van der Waals surface area contributed by atoms with E-state index in [2.05, 4.69) is 9.26 Å². The summed E-state index contributed by atoms with van der Waals surface area (Å²) in [6.45, 7) is -0.855. The predicted molar refractivity (Wildman–Crippen MR) is 44.9 cm³/mol. The summed E-state index contributed by atoms with van der Waals surface area (Å²) in [4.78, 5) is 38.8. The molecule has 3 atom stereocenters. The number of aliphatic hydroxyl groups is 2. The maximum Gasteiger partial charge on any atom is 0.470 e. The fourth-order valence-electron chi connectivity index (χ4n) is 1.15. The molecule has 1 rings (SSSR count). The Kier molecular flexibility index (Phi) is 3.79. The molecule has 1 fully saturated rings. The molecule has 92 valence electrons. The average molecular weight is 256 g/mol. The third kappa shape index (κ3) is 2.85. The summed E-state index contributed by atoms with van der Waals surface area (Å²) in [5.74, 6) is -2.70. The smallest absolute Gasteiger partial charge is 0.450 e. The van der Waals surface area contributed by atoms with Crippen LogP contribution in [0.2, 0.25) is 0 Å². The van der Waals surface area contributed by atoms with Crippen molar-refractivity contribution in [3.8, 4) is 0 Å². The Labute approximate surface area is 88.8 Å². The van der Waals surface area contributed by atoms with E-state index in [1.165, 1.54) is 0 Å². The molecular formula is C6H9O9P. The monoisotopic (exact) mass is 256 g/mol. The van der Waals surface area contributed by atoms with E-state index in [0.29, 0.717) is 0 Å². The molecule has 0 aromatic carbocycles. The summed E-state index contributed by atoms with van der Waals surface area (Å²) in [5.41, 5.74) is 0. The number of aliphatic hydroxyl groups excluding tert-OH is 2. The standard InChI is InChI=1S/C6H9O9P/c7-1-2(8)4-5(15-16(11,12)13)3(9)6(10)14-4/h2,4-5,7-8H,1H2,(H2,11,12,13). The fourth-order valence-corrected chi connectivity index (χ4v) is 1.66. The molecule has 3 unspecified atom stereocenters. The summed E-state index contributed by atoms with van der Waals surface area (Å²) >= 11 is 0. The topological polar surface area (TPSA) is 151 Å². The molecule has 0 radical (unpaired) electrons. The van der Waals surface area contributed by atoms with E-state index in [0.717, 1.165) is 0 Å². The zero-order chi connectivity index (χ0) is 12.5. The minimum Gasteiger partial charge on any atom is -0.450 e. The SMILES string of the molecule is O=C1OC(C(O)CO)C(OP(=O)(O)O)C1=O. The Hall–Kier alpha value is -0.830. The van der Waals surface area contributed by atoms with Crippen molar-refractivity contribution in [2.45, 2.75) is 18.3 Å². The molecule has 1 aliphatic rings. The molecule has 9 nitrogen and oxygen atoms in total. The Bertz CT molecular complexity index is 346.